The molecule has 5 heteroatoms. The fraction of sp³-hybridized carbons (Fsp3) is 0.800. The summed E-state index contributed by atoms with van der Waals surface area (Å²) >= 11 is 5.32. The Morgan fingerprint density at radius 3 is 2.33 bits per heavy atom. The van der Waals surface area contributed by atoms with Gasteiger partial charge in [0, 0.05) is 5.88 Å². The van der Waals surface area contributed by atoms with Crippen LogP contribution < -0.4 is 0 Å². The molecule has 0 rings (SSSR count). The Balaban J connectivity index is 3.78. The van der Waals surface area contributed by atoms with Crippen molar-refractivity contribution in [2.24, 2.45) is 5.41 Å². The van der Waals surface area contributed by atoms with Gasteiger partial charge in [-0.2, -0.15) is 0 Å². The number of hydrogen-bond donors (Lipinski definition) is 0. The maximum absolute atomic E-state index is 11.4. The molecule has 0 saturated carbocycles. The van der Waals surface area contributed by atoms with Gasteiger partial charge in [-0.15, -0.1) is 11.6 Å². The lowest BCUT2D eigenvalue weighted by molar-refractivity contribution is -0.173. The van der Waals surface area contributed by atoms with Crippen LogP contribution in [0.4, 0.5) is 0 Å². The SMILES string of the molecule is CCC(C)(C)C(=O)OCOC(=O)CCCl. The van der Waals surface area contributed by atoms with E-state index < -0.39 is 11.4 Å². The Morgan fingerprint density at radius 1 is 1.27 bits per heavy atom. The van der Waals surface area contributed by atoms with Gasteiger partial charge in [0.2, 0.25) is 6.79 Å². The zero-order chi connectivity index (χ0) is 11.9. The van der Waals surface area contributed by atoms with E-state index in [-0.39, 0.29) is 25.1 Å². The summed E-state index contributed by atoms with van der Waals surface area (Å²) in [6, 6.07) is 0. The second kappa shape index (κ2) is 6.67. The Bertz CT molecular complexity index is 225. The fourth-order valence-corrected chi connectivity index (χ4v) is 0.792. The molecule has 0 aliphatic heterocycles. The topological polar surface area (TPSA) is 52.6 Å². The van der Waals surface area contributed by atoms with Crippen molar-refractivity contribution in [2.45, 2.75) is 33.6 Å². The molecule has 0 fully saturated rings. The highest BCUT2D eigenvalue weighted by atomic mass is 35.5. The minimum absolute atomic E-state index is 0.121. The van der Waals surface area contributed by atoms with Crippen LogP contribution in [0.5, 0.6) is 0 Å². The van der Waals surface area contributed by atoms with Crippen LogP contribution in [0.15, 0.2) is 0 Å². The third-order valence-electron chi connectivity index (χ3n) is 2.15. The summed E-state index contributed by atoms with van der Waals surface area (Å²) in [7, 11) is 0. The maximum atomic E-state index is 11.4. The number of rotatable bonds is 6. The minimum atomic E-state index is -0.543. The smallest absolute Gasteiger partial charge is 0.314 e. The number of esters is 2. The first kappa shape index (κ1) is 14.2. The second-order valence-electron chi connectivity index (χ2n) is 3.74. The van der Waals surface area contributed by atoms with Crippen LogP contribution in [0.3, 0.4) is 0 Å². The molecule has 15 heavy (non-hydrogen) atoms. The van der Waals surface area contributed by atoms with E-state index in [1.165, 1.54) is 0 Å². The van der Waals surface area contributed by atoms with Gasteiger partial charge >= 0.3 is 11.9 Å². The summed E-state index contributed by atoms with van der Waals surface area (Å²) in [5.41, 5.74) is -0.543. The van der Waals surface area contributed by atoms with Gasteiger partial charge in [0.1, 0.15) is 0 Å². The number of ether oxygens (including phenoxy) is 2. The quantitative estimate of drug-likeness (QED) is 0.403. The molecule has 0 aromatic heterocycles. The molecule has 0 aliphatic carbocycles. The number of alkyl halides is 1. The predicted molar refractivity (Wildman–Crippen MR) is 56.5 cm³/mol. The largest absolute Gasteiger partial charge is 0.428 e. The molecule has 0 atom stereocenters. The molecular formula is C10H17ClO4. The summed E-state index contributed by atoms with van der Waals surface area (Å²) < 4.78 is 9.42. The molecule has 0 aromatic carbocycles. The molecule has 0 amide bonds. The van der Waals surface area contributed by atoms with Crippen LogP contribution in [0.2, 0.25) is 0 Å². The first-order valence-electron chi connectivity index (χ1n) is 4.83. The molecule has 0 spiro atoms. The highest BCUT2D eigenvalue weighted by molar-refractivity contribution is 6.18. The van der Waals surface area contributed by atoms with Crippen LogP contribution >= 0.6 is 11.6 Å². The summed E-state index contributed by atoms with van der Waals surface area (Å²) in [5.74, 6) is -0.636. The lowest BCUT2D eigenvalue weighted by Crippen LogP contribution is -2.27. The van der Waals surface area contributed by atoms with Gasteiger partial charge in [0.25, 0.3) is 0 Å². The van der Waals surface area contributed by atoms with Gasteiger partial charge in [-0.05, 0) is 20.3 Å². The molecule has 0 unspecified atom stereocenters. The van der Waals surface area contributed by atoms with Crippen LogP contribution in [-0.4, -0.2) is 24.6 Å². The fourth-order valence-electron chi connectivity index (χ4n) is 0.638. The number of carbonyl (C=O) groups is 2. The standard InChI is InChI=1S/C10H17ClO4/c1-4-10(2,3)9(13)15-7-14-8(12)5-6-11/h4-7H2,1-3H3. The van der Waals surface area contributed by atoms with E-state index >= 15 is 0 Å². The molecule has 4 nitrogen and oxygen atoms in total. The Labute approximate surface area is 94.9 Å². The highest BCUT2D eigenvalue weighted by Crippen LogP contribution is 2.21. The van der Waals surface area contributed by atoms with Crippen LogP contribution in [0, 0.1) is 5.41 Å². The van der Waals surface area contributed by atoms with E-state index in [0.29, 0.717) is 6.42 Å². The van der Waals surface area contributed by atoms with Gasteiger partial charge < -0.3 is 9.47 Å². The molecule has 0 N–H and O–H groups in total. The Hall–Kier alpha value is -0.770. The molecule has 0 saturated heterocycles. The third kappa shape index (κ3) is 5.62. The monoisotopic (exact) mass is 236 g/mol. The average molecular weight is 237 g/mol. The highest BCUT2D eigenvalue weighted by Gasteiger charge is 2.27. The number of carbonyl (C=O) groups excluding carboxylic acids is 2. The van der Waals surface area contributed by atoms with Crippen molar-refractivity contribution in [3.05, 3.63) is 0 Å². The van der Waals surface area contributed by atoms with Gasteiger partial charge in [-0.25, -0.2) is 0 Å². The van der Waals surface area contributed by atoms with Crippen molar-refractivity contribution in [2.75, 3.05) is 12.7 Å². The molecule has 88 valence electrons. The van der Waals surface area contributed by atoms with Crippen LogP contribution in [-0.2, 0) is 19.1 Å². The van der Waals surface area contributed by atoms with Crippen molar-refractivity contribution < 1.29 is 19.1 Å². The van der Waals surface area contributed by atoms with Crippen molar-refractivity contribution in [3.8, 4) is 0 Å². The van der Waals surface area contributed by atoms with Crippen molar-refractivity contribution in [1.29, 1.82) is 0 Å². The summed E-state index contributed by atoms with van der Waals surface area (Å²) in [6.07, 6.45) is 0.789. The Kier molecular flexibility index (Phi) is 6.32. The lowest BCUT2D eigenvalue weighted by Gasteiger charge is -2.19. The van der Waals surface area contributed by atoms with Crippen molar-refractivity contribution in [3.63, 3.8) is 0 Å². The summed E-state index contributed by atoms with van der Waals surface area (Å²) in [5, 5.41) is 0. The normalized spacial score (nSPS) is 10.9. The molecule has 0 heterocycles. The first-order chi connectivity index (χ1) is 6.94. The van der Waals surface area contributed by atoms with Crippen molar-refractivity contribution in [1.82, 2.24) is 0 Å². The number of halogens is 1. The second-order valence-corrected chi connectivity index (χ2v) is 4.12. The maximum Gasteiger partial charge on any atom is 0.314 e. The van der Waals surface area contributed by atoms with Gasteiger partial charge in [0.15, 0.2) is 0 Å². The summed E-state index contributed by atoms with van der Waals surface area (Å²) in [4.78, 5) is 22.2. The zero-order valence-corrected chi connectivity index (χ0v) is 10.1. The third-order valence-corrected chi connectivity index (χ3v) is 2.33. The van der Waals surface area contributed by atoms with Gasteiger partial charge in [-0.3, -0.25) is 9.59 Å². The number of hydrogen-bond acceptors (Lipinski definition) is 4. The van der Waals surface area contributed by atoms with E-state index in [4.69, 9.17) is 16.3 Å². The van der Waals surface area contributed by atoms with E-state index in [9.17, 15) is 9.59 Å². The Morgan fingerprint density at radius 2 is 1.87 bits per heavy atom. The molecular weight excluding hydrogens is 220 g/mol. The predicted octanol–water partition coefficient (Wildman–Crippen LogP) is 2.10. The summed E-state index contributed by atoms with van der Waals surface area (Å²) in [6.45, 7) is 5.10. The van der Waals surface area contributed by atoms with E-state index in [1.807, 2.05) is 6.92 Å². The van der Waals surface area contributed by atoms with E-state index in [0.717, 1.165) is 0 Å². The van der Waals surface area contributed by atoms with Gasteiger partial charge in [0.05, 0.1) is 11.8 Å². The molecule has 0 aliphatic rings. The molecule has 0 bridgehead atoms. The van der Waals surface area contributed by atoms with Crippen LogP contribution in [0.25, 0.3) is 0 Å². The van der Waals surface area contributed by atoms with E-state index in [2.05, 4.69) is 4.74 Å². The zero-order valence-electron chi connectivity index (χ0n) is 9.34. The molecule has 0 aromatic rings. The molecule has 0 radical (unpaired) electrons. The van der Waals surface area contributed by atoms with Crippen LogP contribution in [0.1, 0.15) is 33.6 Å². The first-order valence-corrected chi connectivity index (χ1v) is 5.36. The van der Waals surface area contributed by atoms with E-state index in [1.54, 1.807) is 13.8 Å². The van der Waals surface area contributed by atoms with Crippen molar-refractivity contribution >= 4 is 23.5 Å². The average Bonchev–Trinajstić information content (AvgIpc) is 2.18. The minimum Gasteiger partial charge on any atom is -0.428 e. The van der Waals surface area contributed by atoms with Gasteiger partial charge in [-0.1, -0.05) is 6.92 Å². The lowest BCUT2D eigenvalue weighted by atomic mass is 9.91.